The summed E-state index contributed by atoms with van der Waals surface area (Å²) in [6, 6.07) is 18.0. The minimum absolute atomic E-state index is 0. The van der Waals surface area contributed by atoms with Crippen LogP contribution in [0, 0.1) is 0 Å². The van der Waals surface area contributed by atoms with Crippen LogP contribution in [0.5, 0.6) is 0 Å². The predicted molar refractivity (Wildman–Crippen MR) is 54.9 cm³/mol. The molecule has 0 aromatic heterocycles. The second-order valence-corrected chi connectivity index (χ2v) is 2.73. The minimum atomic E-state index is 0. The van der Waals surface area contributed by atoms with E-state index >= 15 is 0 Å². The topological polar surface area (TPSA) is 20.2 Å². The summed E-state index contributed by atoms with van der Waals surface area (Å²) in [6.07, 6.45) is 0.785. The molecular formula is C12H14OOs-6. The molecule has 0 saturated heterocycles. The van der Waals surface area contributed by atoms with Gasteiger partial charge in [0.25, 0.3) is 0 Å². The predicted octanol–water partition coefficient (Wildman–Crippen LogP) is 2.34. The van der Waals surface area contributed by atoms with Gasteiger partial charge in [0, 0.05) is 26.4 Å². The van der Waals surface area contributed by atoms with Gasteiger partial charge in [0.15, 0.2) is 0 Å². The van der Waals surface area contributed by atoms with Gasteiger partial charge in [0.1, 0.15) is 0 Å². The smallest absolute Gasteiger partial charge is 0.0366 e. The van der Waals surface area contributed by atoms with Crippen LogP contribution >= 0.6 is 0 Å². The first-order chi connectivity index (χ1) is 6.43. The molecule has 0 aliphatic heterocycles. The van der Waals surface area contributed by atoms with Crippen LogP contribution in [-0.2, 0) is 26.2 Å². The molecule has 0 atom stereocenters. The van der Waals surface area contributed by atoms with E-state index < -0.39 is 0 Å². The molecular weight excluding hydrogens is 350 g/mol. The van der Waals surface area contributed by atoms with Crippen LogP contribution in [-0.4, -0.2) is 11.7 Å². The van der Waals surface area contributed by atoms with Gasteiger partial charge < -0.3 is 35.4 Å². The molecule has 0 aliphatic carbocycles. The molecule has 14 heavy (non-hydrogen) atoms. The minimum Gasteiger partial charge on any atom is -0.748 e. The average molecular weight is 364 g/mol. The normalized spacial score (nSPS) is 8.36. The molecule has 0 spiro atoms. The van der Waals surface area contributed by atoms with E-state index in [1.807, 2.05) is 54.6 Å². The fraction of sp³-hybridized carbons (Fsp3) is 0.167. The number of hydrogen-bond donors (Lipinski definition) is 1. The second kappa shape index (κ2) is 8.88. The maximum Gasteiger partial charge on any atom is 0.0366 e. The molecule has 2 aromatic rings. The quantitative estimate of drug-likeness (QED) is 0.811. The fourth-order valence-electron chi connectivity index (χ4n) is 1.03. The van der Waals surface area contributed by atoms with Gasteiger partial charge in [-0.2, -0.15) is 17.7 Å². The second-order valence-electron chi connectivity index (χ2n) is 2.73. The van der Waals surface area contributed by atoms with Crippen molar-refractivity contribution in [1.29, 1.82) is 0 Å². The Morgan fingerprint density at radius 1 is 0.929 bits per heavy atom. The van der Waals surface area contributed by atoms with E-state index in [-0.39, 0.29) is 26.4 Å². The molecule has 0 heterocycles. The summed E-state index contributed by atoms with van der Waals surface area (Å²) < 4.78 is 0. The summed E-state index contributed by atoms with van der Waals surface area (Å²) in [5.74, 6) is 0. The first-order valence-electron chi connectivity index (χ1n) is 4.41. The van der Waals surface area contributed by atoms with Crippen LogP contribution in [0.3, 0.4) is 0 Å². The zero-order chi connectivity index (χ0) is 9.36. The Morgan fingerprint density at radius 2 is 1.36 bits per heavy atom. The number of aliphatic hydroxyl groups is 1. The molecule has 2 aromatic carbocycles. The van der Waals surface area contributed by atoms with Crippen LogP contribution < -0.4 is 0 Å². The Bertz CT molecular complexity index is 254. The molecule has 1 nitrogen and oxygen atoms in total. The van der Waals surface area contributed by atoms with E-state index in [1.165, 1.54) is 5.56 Å². The molecule has 2 heteroatoms. The third kappa shape index (κ3) is 5.86. The largest absolute Gasteiger partial charge is 0.748 e. The van der Waals surface area contributed by atoms with Gasteiger partial charge >= 0.3 is 0 Å². The van der Waals surface area contributed by atoms with Crippen LogP contribution in [0.2, 0.25) is 0 Å². The van der Waals surface area contributed by atoms with Gasteiger partial charge in [0.05, 0.1) is 0 Å². The summed E-state index contributed by atoms with van der Waals surface area (Å²) >= 11 is 0. The summed E-state index contributed by atoms with van der Waals surface area (Å²) in [5, 5.41) is 8.44. The first-order valence-corrected chi connectivity index (χ1v) is 4.41. The van der Waals surface area contributed by atoms with Gasteiger partial charge in [0.2, 0.25) is 0 Å². The molecule has 0 unspecified atom stereocenters. The van der Waals surface area contributed by atoms with Crippen molar-refractivity contribution in [2.24, 2.45) is 0 Å². The number of aliphatic hydroxyl groups excluding tert-OH is 1. The summed E-state index contributed by atoms with van der Waals surface area (Å²) in [5.41, 5.74) is 1.22. The van der Waals surface area contributed by atoms with Crippen molar-refractivity contribution in [3.05, 3.63) is 60.2 Å². The van der Waals surface area contributed by atoms with Crippen molar-refractivity contribution in [1.82, 2.24) is 0 Å². The molecule has 82 valence electrons. The Labute approximate surface area is 98.2 Å². The maximum absolute atomic E-state index is 8.44. The van der Waals surface area contributed by atoms with E-state index in [2.05, 4.69) is 0 Å². The van der Waals surface area contributed by atoms with Crippen molar-refractivity contribution in [2.75, 3.05) is 6.61 Å². The fourth-order valence-corrected chi connectivity index (χ4v) is 1.03. The van der Waals surface area contributed by atoms with Crippen LogP contribution in [0.25, 0.3) is 0 Å². The first kappa shape index (κ1) is 13.3. The van der Waals surface area contributed by atoms with Crippen LogP contribution in [0.1, 0.15) is 5.56 Å². The Balaban J connectivity index is 0.000000246. The van der Waals surface area contributed by atoms with Crippen molar-refractivity contribution in [2.45, 2.75) is 6.42 Å². The van der Waals surface area contributed by atoms with Gasteiger partial charge in [-0.1, -0.05) is 6.42 Å². The van der Waals surface area contributed by atoms with E-state index in [9.17, 15) is 0 Å². The maximum atomic E-state index is 8.44. The summed E-state index contributed by atoms with van der Waals surface area (Å²) in [4.78, 5) is 0. The Hall–Kier alpha value is -0.704. The summed E-state index contributed by atoms with van der Waals surface area (Å²) in [7, 11) is 0. The molecule has 0 radical (unpaired) electrons. The SMILES string of the molecule is OCC[c-]1cccc1.[Os].[cH-]1[cH-][cH-][cH-][cH-]1. The zero-order valence-corrected chi connectivity index (χ0v) is 10.5. The van der Waals surface area contributed by atoms with Crippen LogP contribution in [0.4, 0.5) is 0 Å². The molecule has 0 bridgehead atoms. The number of hydrogen-bond acceptors (Lipinski definition) is 1. The molecule has 0 aliphatic rings. The van der Waals surface area contributed by atoms with Gasteiger partial charge in [-0.25, -0.2) is 12.1 Å². The Morgan fingerprint density at radius 3 is 1.71 bits per heavy atom. The van der Waals surface area contributed by atoms with E-state index in [0.717, 1.165) is 6.42 Å². The van der Waals surface area contributed by atoms with Gasteiger partial charge in [-0.05, 0) is 0 Å². The molecule has 0 amide bonds. The average Bonchev–Trinajstić information content (AvgIpc) is 2.79. The van der Waals surface area contributed by atoms with E-state index in [1.54, 1.807) is 0 Å². The molecule has 1 N–H and O–H groups in total. The zero-order valence-electron chi connectivity index (χ0n) is 7.91. The molecule has 0 saturated carbocycles. The Kier molecular flexibility index (Phi) is 8.43. The van der Waals surface area contributed by atoms with Crippen molar-refractivity contribution >= 4 is 0 Å². The third-order valence-corrected chi connectivity index (χ3v) is 1.69. The number of rotatable bonds is 2. The standard InChI is InChI=1S/C7H9O.C5H5.Os/c8-6-5-7-3-1-2-4-7;1-2-4-5-3-1;/h1-4,8H,5-6H2;1-5H;/q-1;-5;. The molecule has 0 fully saturated rings. The van der Waals surface area contributed by atoms with Crippen molar-refractivity contribution < 1.29 is 24.9 Å². The van der Waals surface area contributed by atoms with Crippen molar-refractivity contribution in [3.63, 3.8) is 0 Å². The van der Waals surface area contributed by atoms with E-state index in [4.69, 9.17) is 5.11 Å². The van der Waals surface area contributed by atoms with Crippen molar-refractivity contribution in [3.8, 4) is 0 Å². The summed E-state index contributed by atoms with van der Waals surface area (Å²) in [6.45, 7) is 0.254. The van der Waals surface area contributed by atoms with E-state index in [0.29, 0.717) is 0 Å². The van der Waals surface area contributed by atoms with Gasteiger partial charge in [-0.15, -0.1) is 0 Å². The monoisotopic (exact) mass is 366 g/mol. The third-order valence-electron chi connectivity index (χ3n) is 1.69. The van der Waals surface area contributed by atoms with Gasteiger partial charge in [-0.3, -0.25) is 0 Å². The molecule has 2 rings (SSSR count). The van der Waals surface area contributed by atoms with Crippen LogP contribution in [0.15, 0.2) is 54.6 Å².